The summed E-state index contributed by atoms with van der Waals surface area (Å²) in [6, 6.07) is 9.49. The Kier molecular flexibility index (Phi) is 5.73. The molecule has 0 spiro atoms. The van der Waals surface area contributed by atoms with Gasteiger partial charge >= 0.3 is 6.09 Å². The largest absolute Gasteiger partial charge is 0.450 e. The Morgan fingerprint density at radius 3 is 2.54 bits per heavy atom. The summed E-state index contributed by atoms with van der Waals surface area (Å²) in [6.07, 6.45) is 0.683. The first-order valence-corrected chi connectivity index (χ1v) is 9.58. The number of nitrogens with zero attached hydrogens (tertiary/aromatic N) is 2. The summed E-state index contributed by atoms with van der Waals surface area (Å²) in [5.41, 5.74) is 0.511. The molecule has 0 saturated carbocycles. The second-order valence-electron chi connectivity index (χ2n) is 6.09. The van der Waals surface area contributed by atoms with Crippen LogP contribution >= 0.6 is 0 Å². The summed E-state index contributed by atoms with van der Waals surface area (Å²) >= 11 is -2.26. The minimum atomic E-state index is -2.26. The highest BCUT2D eigenvalue weighted by Gasteiger charge is 2.31. The van der Waals surface area contributed by atoms with Crippen LogP contribution in [-0.2, 0) is 16.0 Å². The number of likely N-dealkylation sites (tertiary alicyclic amines) is 1. The van der Waals surface area contributed by atoms with Gasteiger partial charge in [-0.1, -0.05) is 24.3 Å². The number of halogens is 1. The van der Waals surface area contributed by atoms with E-state index in [4.69, 9.17) is 4.74 Å². The highest BCUT2D eigenvalue weighted by atomic mass is 32.2. The molecule has 1 amide bonds. The van der Waals surface area contributed by atoms with Crippen molar-refractivity contribution in [2.24, 2.45) is 0 Å². The van der Waals surface area contributed by atoms with Crippen molar-refractivity contribution in [1.29, 1.82) is 0 Å². The van der Waals surface area contributed by atoms with Gasteiger partial charge in [0, 0.05) is 29.9 Å². The van der Waals surface area contributed by atoms with Crippen LogP contribution in [0.4, 0.5) is 14.9 Å². The van der Waals surface area contributed by atoms with Gasteiger partial charge in [0.25, 0.3) is 11.3 Å². The molecule has 1 N–H and O–H groups in total. The minimum Gasteiger partial charge on any atom is -0.450 e. The number of fused-ring (bicyclic) bond motifs is 1. The maximum Gasteiger partial charge on any atom is 0.409 e. The average Bonchev–Trinajstić information content (AvgIpc) is 2.64. The fourth-order valence-electron chi connectivity index (χ4n) is 3.34. The van der Waals surface area contributed by atoms with Gasteiger partial charge in [-0.3, -0.25) is 8.86 Å². The molecule has 26 heavy (non-hydrogen) atoms. The molecule has 8 heteroatoms. The van der Waals surface area contributed by atoms with Gasteiger partial charge in [-0.2, -0.15) is 0 Å². The van der Waals surface area contributed by atoms with Crippen LogP contribution in [0.3, 0.4) is 0 Å². The first-order chi connectivity index (χ1) is 12.5. The van der Waals surface area contributed by atoms with Gasteiger partial charge in [-0.05, 0) is 31.9 Å². The van der Waals surface area contributed by atoms with Crippen LogP contribution in [0.5, 0.6) is 0 Å². The zero-order valence-corrected chi connectivity index (χ0v) is 15.2. The molecule has 3 rings (SSSR count). The lowest BCUT2D eigenvalue weighted by Gasteiger charge is -2.37. The molecule has 1 heterocycles. The second kappa shape index (κ2) is 8.01. The Morgan fingerprint density at radius 1 is 1.27 bits per heavy atom. The van der Waals surface area contributed by atoms with E-state index in [0.29, 0.717) is 49.0 Å². The number of benzene rings is 2. The molecule has 6 nitrogen and oxygen atoms in total. The predicted molar refractivity (Wildman–Crippen MR) is 98.8 cm³/mol. The molecule has 0 aromatic heterocycles. The van der Waals surface area contributed by atoms with Gasteiger partial charge in [-0.25, -0.2) is 13.4 Å². The van der Waals surface area contributed by atoms with Crippen LogP contribution in [0.1, 0.15) is 19.8 Å². The maximum atomic E-state index is 14.1. The molecular weight excluding hydrogens is 359 g/mol. The van der Waals surface area contributed by atoms with E-state index in [2.05, 4.69) is 0 Å². The number of carbonyl (C=O) groups is 1. The monoisotopic (exact) mass is 380 g/mol. The van der Waals surface area contributed by atoms with Gasteiger partial charge in [0.05, 0.1) is 12.3 Å². The quantitative estimate of drug-likeness (QED) is 0.824. The van der Waals surface area contributed by atoms with E-state index in [1.54, 1.807) is 36.1 Å². The first-order valence-electron chi connectivity index (χ1n) is 8.52. The summed E-state index contributed by atoms with van der Waals surface area (Å²) in [6.45, 7) is 2.95. The van der Waals surface area contributed by atoms with E-state index in [9.17, 15) is 17.9 Å². The van der Waals surface area contributed by atoms with Crippen molar-refractivity contribution in [2.45, 2.75) is 25.8 Å². The van der Waals surface area contributed by atoms with Crippen molar-refractivity contribution in [3.63, 3.8) is 0 Å². The smallest absolute Gasteiger partial charge is 0.409 e. The van der Waals surface area contributed by atoms with E-state index in [-0.39, 0.29) is 18.0 Å². The van der Waals surface area contributed by atoms with Crippen LogP contribution < -0.4 is 4.31 Å². The summed E-state index contributed by atoms with van der Waals surface area (Å²) < 4.78 is 42.5. The highest BCUT2D eigenvalue weighted by Crippen LogP contribution is 2.33. The van der Waals surface area contributed by atoms with Gasteiger partial charge < -0.3 is 9.64 Å². The Morgan fingerprint density at radius 2 is 1.92 bits per heavy atom. The van der Waals surface area contributed by atoms with Crippen LogP contribution in [0.15, 0.2) is 36.4 Å². The number of hydrogen-bond donors (Lipinski definition) is 1. The summed E-state index contributed by atoms with van der Waals surface area (Å²) in [7, 11) is 0. The van der Waals surface area contributed by atoms with Crippen LogP contribution in [-0.4, -0.2) is 45.5 Å². The number of rotatable bonds is 4. The molecule has 1 fully saturated rings. The van der Waals surface area contributed by atoms with E-state index in [1.807, 2.05) is 0 Å². The van der Waals surface area contributed by atoms with Crippen LogP contribution in [0.2, 0.25) is 0 Å². The normalized spacial score (nSPS) is 16.5. The molecule has 1 aliphatic heterocycles. The predicted octanol–water partition coefficient (Wildman–Crippen LogP) is 3.54. The van der Waals surface area contributed by atoms with Crippen molar-refractivity contribution in [3.05, 3.63) is 42.2 Å². The van der Waals surface area contributed by atoms with E-state index >= 15 is 0 Å². The Bertz CT molecular complexity index is 824. The number of piperidine rings is 1. The molecule has 2 aromatic carbocycles. The molecule has 0 radical (unpaired) electrons. The van der Waals surface area contributed by atoms with Crippen molar-refractivity contribution >= 4 is 33.8 Å². The van der Waals surface area contributed by atoms with Crippen molar-refractivity contribution < 1.29 is 22.7 Å². The zero-order valence-electron chi connectivity index (χ0n) is 14.4. The molecule has 1 atom stereocenters. The lowest BCUT2D eigenvalue weighted by atomic mass is 10.0. The van der Waals surface area contributed by atoms with Gasteiger partial charge in [0.1, 0.15) is 5.82 Å². The van der Waals surface area contributed by atoms with Crippen molar-refractivity contribution in [3.8, 4) is 0 Å². The fourth-order valence-corrected chi connectivity index (χ4v) is 4.14. The average molecular weight is 380 g/mol. The number of ether oxygens (including phenoxy) is 1. The zero-order chi connectivity index (χ0) is 18.7. The lowest BCUT2D eigenvalue weighted by molar-refractivity contribution is 0.0976. The third-order valence-corrected chi connectivity index (χ3v) is 5.41. The van der Waals surface area contributed by atoms with Crippen LogP contribution in [0, 0.1) is 5.82 Å². The van der Waals surface area contributed by atoms with Gasteiger partial charge in [0.15, 0.2) is 0 Å². The lowest BCUT2D eigenvalue weighted by Crippen LogP contribution is -2.47. The molecule has 1 aliphatic rings. The third kappa shape index (κ3) is 3.66. The Hall–Kier alpha value is -2.19. The maximum absolute atomic E-state index is 14.1. The van der Waals surface area contributed by atoms with Crippen molar-refractivity contribution in [1.82, 2.24) is 4.90 Å². The molecule has 0 bridgehead atoms. The second-order valence-corrected chi connectivity index (χ2v) is 6.94. The molecule has 1 saturated heterocycles. The van der Waals surface area contributed by atoms with E-state index in [0.717, 1.165) is 0 Å². The number of anilines is 1. The van der Waals surface area contributed by atoms with E-state index in [1.165, 1.54) is 16.4 Å². The fraction of sp³-hybridized carbons (Fsp3) is 0.389. The Balaban J connectivity index is 1.87. The summed E-state index contributed by atoms with van der Waals surface area (Å²) in [5, 5.41) is 0.993. The molecular formula is C18H21FN2O4S. The topological polar surface area (TPSA) is 70.1 Å². The van der Waals surface area contributed by atoms with Crippen molar-refractivity contribution in [2.75, 3.05) is 24.0 Å². The van der Waals surface area contributed by atoms with Crippen LogP contribution in [0.25, 0.3) is 10.8 Å². The number of carbonyl (C=O) groups excluding carboxylic acids is 1. The molecule has 0 aliphatic carbocycles. The number of amides is 1. The SMILES string of the molecule is CCOC(=O)N1CCC(N(c2ccc(F)c3ccccc23)S(=O)O)CC1. The molecule has 1 unspecified atom stereocenters. The summed E-state index contributed by atoms with van der Waals surface area (Å²) in [5.74, 6) is -0.370. The standard InChI is InChI=1S/C18H21FN2O4S/c1-2-25-18(22)20-11-9-13(10-12-20)21(26(23)24)17-8-7-16(19)14-5-3-4-6-15(14)17/h3-8,13H,2,9-12H2,1H3,(H,23,24). The molecule has 140 valence electrons. The summed E-state index contributed by atoms with van der Waals surface area (Å²) in [4.78, 5) is 13.4. The Labute approximate surface area is 153 Å². The first kappa shape index (κ1) is 18.6. The number of hydrogen-bond acceptors (Lipinski definition) is 3. The highest BCUT2D eigenvalue weighted by molar-refractivity contribution is 7.80. The van der Waals surface area contributed by atoms with E-state index < -0.39 is 11.3 Å². The minimum absolute atomic E-state index is 0.236. The molecule has 2 aromatic rings. The van der Waals surface area contributed by atoms with Gasteiger partial charge in [-0.15, -0.1) is 0 Å². The van der Waals surface area contributed by atoms with Gasteiger partial charge in [0.2, 0.25) is 0 Å². The third-order valence-electron chi connectivity index (χ3n) is 4.58.